The van der Waals surface area contributed by atoms with Crippen LogP contribution in [-0.2, 0) is 13.0 Å². The van der Waals surface area contributed by atoms with Crippen molar-refractivity contribution in [3.05, 3.63) is 35.4 Å². The molecular weight excluding hydrogens is 138 g/mol. The lowest BCUT2D eigenvalue weighted by Crippen LogP contribution is -1.91. The second kappa shape index (κ2) is 3.75. The molecule has 2 heteroatoms. The van der Waals surface area contributed by atoms with Gasteiger partial charge in [-0.15, -0.1) is 0 Å². The van der Waals surface area contributed by atoms with Crippen LogP contribution in [0.2, 0.25) is 0 Å². The van der Waals surface area contributed by atoms with Crippen LogP contribution in [0.15, 0.2) is 24.3 Å². The summed E-state index contributed by atoms with van der Waals surface area (Å²) in [6.07, 6.45) is 0.372. The number of nitriles is 1. The van der Waals surface area contributed by atoms with E-state index in [1.54, 1.807) is 0 Å². The minimum atomic E-state index is 0.0118. The van der Waals surface area contributed by atoms with Gasteiger partial charge in [-0.25, -0.2) is 0 Å². The number of benzene rings is 1. The van der Waals surface area contributed by atoms with Gasteiger partial charge in [-0.05, 0) is 11.1 Å². The van der Waals surface area contributed by atoms with E-state index in [0.717, 1.165) is 11.1 Å². The first kappa shape index (κ1) is 7.77. The Labute approximate surface area is 65.7 Å². The summed E-state index contributed by atoms with van der Waals surface area (Å²) in [5.41, 5.74) is 1.76. The van der Waals surface area contributed by atoms with Crippen LogP contribution < -0.4 is 0 Å². The van der Waals surface area contributed by atoms with E-state index in [1.165, 1.54) is 0 Å². The number of rotatable bonds is 2. The number of nitrogens with zero attached hydrogens (tertiary/aromatic N) is 1. The molecule has 0 aliphatic heterocycles. The molecule has 0 aliphatic rings. The van der Waals surface area contributed by atoms with E-state index < -0.39 is 0 Å². The average molecular weight is 147 g/mol. The first-order valence-electron chi connectivity index (χ1n) is 3.43. The predicted molar refractivity (Wildman–Crippen MR) is 41.7 cm³/mol. The van der Waals surface area contributed by atoms with Gasteiger partial charge in [-0.3, -0.25) is 0 Å². The van der Waals surface area contributed by atoms with Gasteiger partial charge in [0.2, 0.25) is 0 Å². The zero-order chi connectivity index (χ0) is 8.10. The first-order chi connectivity index (χ1) is 5.38. The van der Waals surface area contributed by atoms with E-state index in [1.807, 2.05) is 30.3 Å². The van der Waals surface area contributed by atoms with E-state index >= 15 is 0 Å². The molecule has 56 valence electrons. The van der Waals surface area contributed by atoms with Crippen LogP contribution in [0, 0.1) is 11.3 Å². The third-order valence-electron chi connectivity index (χ3n) is 1.56. The SMILES string of the molecule is N#CCc1ccccc1CO. The monoisotopic (exact) mass is 147 g/mol. The smallest absolute Gasteiger partial charge is 0.0684 e. The van der Waals surface area contributed by atoms with Gasteiger partial charge in [-0.2, -0.15) is 5.26 Å². The largest absolute Gasteiger partial charge is 0.392 e. The van der Waals surface area contributed by atoms with Gasteiger partial charge in [0, 0.05) is 0 Å². The molecule has 0 saturated carbocycles. The van der Waals surface area contributed by atoms with Gasteiger partial charge in [0.1, 0.15) is 0 Å². The van der Waals surface area contributed by atoms with Crippen molar-refractivity contribution in [2.75, 3.05) is 0 Å². The van der Waals surface area contributed by atoms with Gasteiger partial charge >= 0.3 is 0 Å². The highest BCUT2D eigenvalue weighted by Gasteiger charge is 1.97. The highest BCUT2D eigenvalue weighted by Crippen LogP contribution is 2.08. The highest BCUT2D eigenvalue weighted by atomic mass is 16.3. The van der Waals surface area contributed by atoms with Crippen molar-refractivity contribution in [3.63, 3.8) is 0 Å². The molecule has 0 saturated heterocycles. The van der Waals surface area contributed by atoms with Crippen LogP contribution in [0.5, 0.6) is 0 Å². The lowest BCUT2D eigenvalue weighted by Gasteiger charge is -2.00. The number of hydrogen-bond donors (Lipinski definition) is 1. The van der Waals surface area contributed by atoms with Crippen LogP contribution in [-0.4, -0.2) is 5.11 Å². The Morgan fingerprint density at radius 2 is 1.91 bits per heavy atom. The normalized spacial score (nSPS) is 9.09. The summed E-state index contributed by atoms with van der Waals surface area (Å²) in [6.45, 7) is 0.0118. The Hall–Kier alpha value is -1.33. The maximum absolute atomic E-state index is 8.84. The summed E-state index contributed by atoms with van der Waals surface area (Å²) in [6, 6.07) is 9.45. The van der Waals surface area contributed by atoms with Crippen molar-refractivity contribution >= 4 is 0 Å². The van der Waals surface area contributed by atoms with Crippen molar-refractivity contribution in [3.8, 4) is 6.07 Å². The summed E-state index contributed by atoms with van der Waals surface area (Å²) in [4.78, 5) is 0. The van der Waals surface area contributed by atoms with E-state index in [0.29, 0.717) is 6.42 Å². The molecule has 0 unspecified atom stereocenters. The molecule has 0 spiro atoms. The standard InChI is InChI=1S/C9H9NO/c10-6-5-8-3-1-2-4-9(8)7-11/h1-4,11H,5,7H2. The van der Waals surface area contributed by atoms with E-state index in [9.17, 15) is 0 Å². The second-order valence-corrected chi connectivity index (χ2v) is 2.26. The highest BCUT2D eigenvalue weighted by molar-refractivity contribution is 5.28. The van der Waals surface area contributed by atoms with Crippen LogP contribution in [0.3, 0.4) is 0 Å². The molecule has 1 N–H and O–H groups in total. The summed E-state index contributed by atoms with van der Waals surface area (Å²) < 4.78 is 0. The molecule has 1 rings (SSSR count). The minimum Gasteiger partial charge on any atom is -0.392 e. The summed E-state index contributed by atoms with van der Waals surface area (Å²) >= 11 is 0. The number of aliphatic hydroxyl groups excluding tert-OH is 1. The molecule has 0 atom stereocenters. The minimum absolute atomic E-state index is 0.0118. The van der Waals surface area contributed by atoms with Crippen molar-refractivity contribution in [2.45, 2.75) is 13.0 Å². The third-order valence-corrected chi connectivity index (χ3v) is 1.56. The average Bonchev–Trinajstić information content (AvgIpc) is 2.06. The predicted octanol–water partition coefficient (Wildman–Crippen LogP) is 1.24. The van der Waals surface area contributed by atoms with Gasteiger partial charge in [0.05, 0.1) is 19.1 Å². The first-order valence-corrected chi connectivity index (χ1v) is 3.43. The molecule has 0 aliphatic carbocycles. The van der Waals surface area contributed by atoms with Crippen molar-refractivity contribution < 1.29 is 5.11 Å². The van der Waals surface area contributed by atoms with Gasteiger partial charge in [0.25, 0.3) is 0 Å². The molecule has 1 aromatic carbocycles. The van der Waals surface area contributed by atoms with E-state index in [-0.39, 0.29) is 6.61 Å². The fourth-order valence-electron chi connectivity index (χ4n) is 0.969. The van der Waals surface area contributed by atoms with Gasteiger partial charge in [0.15, 0.2) is 0 Å². The third kappa shape index (κ3) is 1.79. The quantitative estimate of drug-likeness (QED) is 0.684. The van der Waals surface area contributed by atoms with Crippen molar-refractivity contribution in [2.24, 2.45) is 0 Å². The van der Waals surface area contributed by atoms with Crippen LogP contribution in [0.25, 0.3) is 0 Å². The molecule has 0 bridgehead atoms. The van der Waals surface area contributed by atoms with Gasteiger partial charge in [-0.1, -0.05) is 24.3 Å². The van der Waals surface area contributed by atoms with Crippen LogP contribution >= 0.6 is 0 Å². The topological polar surface area (TPSA) is 44.0 Å². The summed E-state index contributed by atoms with van der Waals surface area (Å²) in [5.74, 6) is 0. The van der Waals surface area contributed by atoms with Crippen molar-refractivity contribution in [1.82, 2.24) is 0 Å². The number of hydrogen-bond acceptors (Lipinski definition) is 2. The lowest BCUT2D eigenvalue weighted by molar-refractivity contribution is 0.281. The maximum atomic E-state index is 8.84. The number of aliphatic hydroxyl groups is 1. The fourth-order valence-corrected chi connectivity index (χ4v) is 0.969. The molecule has 1 aromatic rings. The molecule has 0 heterocycles. The molecule has 0 radical (unpaired) electrons. The molecular formula is C9H9NO. The lowest BCUT2D eigenvalue weighted by atomic mass is 10.1. The van der Waals surface area contributed by atoms with Crippen LogP contribution in [0.1, 0.15) is 11.1 Å². The van der Waals surface area contributed by atoms with E-state index in [2.05, 4.69) is 0 Å². The zero-order valence-corrected chi connectivity index (χ0v) is 6.12. The molecule has 11 heavy (non-hydrogen) atoms. The zero-order valence-electron chi connectivity index (χ0n) is 6.12. The fraction of sp³-hybridized carbons (Fsp3) is 0.222. The van der Waals surface area contributed by atoms with Crippen LogP contribution in [0.4, 0.5) is 0 Å². The molecule has 0 aromatic heterocycles. The Kier molecular flexibility index (Phi) is 2.65. The van der Waals surface area contributed by atoms with Crippen molar-refractivity contribution in [1.29, 1.82) is 5.26 Å². The van der Waals surface area contributed by atoms with Gasteiger partial charge < -0.3 is 5.11 Å². The molecule has 0 amide bonds. The second-order valence-electron chi connectivity index (χ2n) is 2.26. The molecule has 0 fully saturated rings. The Bertz CT molecular complexity index is 275. The maximum Gasteiger partial charge on any atom is 0.0684 e. The Balaban J connectivity index is 2.94. The summed E-state index contributed by atoms with van der Waals surface area (Å²) in [5, 5.41) is 17.2. The Morgan fingerprint density at radius 3 is 2.45 bits per heavy atom. The van der Waals surface area contributed by atoms with E-state index in [4.69, 9.17) is 10.4 Å². The molecule has 2 nitrogen and oxygen atoms in total. The Morgan fingerprint density at radius 1 is 1.27 bits per heavy atom. The summed E-state index contributed by atoms with van der Waals surface area (Å²) in [7, 11) is 0.